The lowest BCUT2D eigenvalue weighted by atomic mass is 9.69. The second kappa shape index (κ2) is 8.87. The van der Waals surface area contributed by atoms with Gasteiger partial charge in [0.05, 0.1) is 28.5 Å². The van der Waals surface area contributed by atoms with E-state index >= 15 is 0 Å². The van der Waals surface area contributed by atoms with Crippen LogP contribution >= 0.6 is 0 Å². The van der Waals surface area contributed by atoms with Crippen LogP contribution in [-0.4, -0.2) is 43.9 Å². The van der Waals surface area contributed by atoms with Crippen molar-refractivity contribution >= 4 is 28.9 Å². The Morgan fingerprint density at radius 2 is 1.53 bits per heavy atom. The minimum Gasteiger partial charge on any atom is -0.459 e. The van der Waals surface area contributed by atoms with Crippen molar-refractivity contribution < 1.29 is 23.9 Å². The van der Waals surface area contributed by atoms with Gasteiger partial charge in [-0.25, -0.2) is 4.79 Å². The third kappa shape index (κ3) is 3.68. The minimum absolute atomic E-state index is 0.00106. The lowest BCUT2D eigenvalue weighted by Gasteiger charge is -2.41. The fourth-order valence-electron chi connectivity index (χ4n) is 6.02. The van der Waals surface area contributed by atoms with Crippen molar-refractivity contribution in [2.24, 2.45) is 11.8 Å². The third-order valence-electron chi connectivity index (χ3n) is 7.85. The van der Waals surface area contributed by atoms with Gasteiger partial charge in [0.2, 0.25) is 0 Å². The van der Waals surface area contributed by atoms with Gasteiger partial charge in [-0.15, -0.1) is 0 Å². The van der Waals surface area contributed by atoms with Crippen LogP contribution in [0.4, 0.5) is 11.4 Å². The Labute approximate surface area is 199 Å². The minimum atomic E-state index is -0.551. The van der Waals surface area contributed by atoms with Crippen LogP contribution in [0.1, 0.15) is 80.7 Å². The topological polar surface area (TPSA) is 108 Å². The van der Waals surface area contributed by atoms with E-state index in [4.69, 9.17) is 15.2 Å². The molecule has 3 aliphatic carbocycles. The molecule has 0 aliphatic heterocycles. The van der Waals surface area contributed by atoms with Crippen molar-refractivity contribution in [1.29, 1.82) is 0 Å². The number of ketones is 2. The number of nitrogen functional groups attached to an aromatic ring is 1. The molecule has 2 aromatic rings. The van der Waals surface area contributed by atoms with Crippen LogP contribution < -0.4 is 11.1 Å². The molecule has 0 radical (unpaired) electrons. The van der Waals surface area contributed by atoms with Gasteiger partial charge in [0.1, 0.15) is 6.10 Å². The van der Waals surface area contributed by atoms with E-state index in [0.29, 0.717) is 34.8 Å². The monoisotopic (exact) mass is 462 g/mol. The van der Waals surface area contributed by atoms with Gasteiger partial charge in [-0.05, 0) is 56.4 Å². The molecule has 0 saturated heterocycles. The normalized spacial score (nSPS) is 25.7. The quantitative estimate of drug-likeness (QED) is 0.441. The SMILES string of the molecule is CNc1cc(C(=O)OC2CCC3CC(OC)CCC3C2)c(N)c2c1C(=O)c1ccccc1C2=O. The molecule has 2 saturated carbocycles. The van der Waals surface area contributed by atoms with E-state index in [1.54, 1.807) is 38.4 Å². The number of carbonyl (C=O) groups excluding carboxylic acids is 3. The standard InChI is InChI=1S/C27H30N2O5/c1-29-21-13-20(24(28)23-22(21)25(30)18-5-3-4-6-19(18)26(23)31)27(32)34-17-10-8-14-11-16(33-2)9-7-15(14)12-17/h3-6,13-17,29H,7-12,28H2,1-2H3. The smallest absolute Gasteiger partial charge is 0.340 e. The molecule has 5 rings (SSSR count). The molecule has 7 heteroatoms. The maximum Gasteiger partial charge on any atom is 0.340 e. The first kappa shape index (κ1) is 22.6. The number of benzene rings is 2. The molecule has 4 atom stereocenters. The molecule has 0 spiro atoms. The number of hydrogen-bond donors (Lipinski definition) is 2. The molecule has 0 amide bonds. The molecule has 178 valence electrons. The Hall–Kier alpha value is -3.19. The first-order valence-corrected chi connectivity index (χ1v) is 12.0. The molecule has 3 N–H and O–H groups in total. The van der Waals surface area contributed by atoms with Crippen LogP contribution in [0, 0.1) is 11.8 Å². The summed E-state index contributed by atoms with van der Waals surface area (Å²) < 4.78 is 11.5. The van der Waals surface area contributed by atoms with E-state index in [2.05, 4.69) is 5.32 Å². The Morgan fingerprint density at radius 1 is 0.941 bits per heavy atom. The number of esters is 1. The molecule has 2 fully saturated rings. The summed E-state index contributed by atoms with van der Waals surface area (Å²) in [4.78, 5) is 39.7. The third-order valence-corrected chi connectivity index (χ3v) is 7.85. The first-order chi connectivity index (χ1) is 16.4. The molecule has 34 heavy (non-hydrogen) atoms. The fourth-order valence-corrected chi connectivity index (χ4v) is 6.02. The lowest BCUT2D eigenvalue weighted by Crippen LogP contribution is -2.37. The number of nitrogens with one attached hydrogen (secondary N) is 1. The summed E-state index contributed by atoms with van der Waals surface area (Å²) in [6, 6.07) is 8.20. The molecule has 0 bridgehead atoms. The fraction of sp³-hybridized carbons (Fsp3) is 0.444. The molecule has 7 nitrogen and oxygen atoms in total. The highest BCUT2D eigenvalue weighted by atomic mass is 16.5. The van der Waals surface area contributed by atoms with E-state index in [1.165, 1.54) is 6.07 Å². The van der Waals surface area contributed by atoms with Crippen molar-refractivity contribution in [2.75, 3.05) is 25.2 Å². The number of nitrogens with two attached hydrogens (primary N) is 1. The Balaban J connectivity index is 1.41. The average Bonchev–Trinajstić information content (AvgIpc) is 2.86. The molecular weight excluding hydrogens is 432 g/mol. The van der Waals surface area contributed by atoms with Crippen molar-refractivity contribution in [3.63, 3.8) is 0 Å². The molecule has 3 aliphatic rings. The highest BCUT2D eigenvalue weighted by molar-refractivity contribution is 6.32. The second-order valence-corrected chi connectivity index (χ2v) is 9.62. The highest BCUT2D eigenvalue weighted by Crippen LogP contribution is 2.43. The Bertz CT molecular complexity index is 1170. The number of fused-ring (bicyclic) bond motifs is 3. The van der Waals surface area contributed by atoms with E-state index in [0.717, 1.165) is 38.5 Å². The molecule has 0 aromatic heterocycles. The van der Waals surface area contributed by atoms with Gasteiger partial charge in [0.15, 0.2) is 11.6 Å². The molecule has 4 unspecified atom stereocenters. The van der Waals surface area contributed by atoms with Gasteiger partial charge in [-0.1, -0.05) is 24.3 Å². The largest absolute Gasteiger partial charge is 0.459 e. The summed E-state index contributed by atoms with van der Waals surface area (Å²) in [5.41, 5.74) is 7.79. The van der Waals surface area contributed by atoms with Crippen LogP contribution in [0.15, 0.2) is 30.3 Å². The zero-order chi connectivity index (χ0) is 24.0. The maximum absolute atomic E-state index is 13.3. The van der Waals surface area contributed by atoms with Gasteiger partial charge < -0.3 is 20.5 Å². The molecular formula is C27H30N2O5. The van der Waals surface area contributed by atoms with Gasteiger partial charge in [-0.3, -0.25) is 9.59 Å². The lowest BCUT2D eigenvalue weighted by molar-refractivity contribution is -0.0274. The number of carbonyl (C=O) groups is 3. The summed E-state index contributed by atoms with van der Waals surface area (Å²) in [6.45, 7) is 0. The average molecular weight is 463 g/mol. The van der Waals surface area contributed by atoms with Crippen LogP contribution in [0.2, 0.25) is 0 Å². The molecule has 0 heterocycles. The van der Waals surface area contributed by atoms with Crippen LogP contribution in [0.5, 0.6) is 0 Å². The van der Waals surface area contributed by atoms with Gasteiger partial charge >= 0.3 is 5.97 Å². The highest BCUT2D eigenvalue weighted by Gasteiger charge is 2.39. The predicted molar refractivity (Wildman–Crippen MR) is 128 cm³/mol. The van der Waals surface area contributed by atoms with Gasteiger partial charge in [0.25, 0.3) is 0 Å². The zero-order valence-electron chi connectivity index (χ0n) is 19.6. The maximum atomic E-state index is 13.3. The number of anilines is 2. The van der Waals surface area contributed by atoms with Crippen molar-refractivity contribution in [3.05, 3.63) is 58.1 Å². The van der Waals surface area contributed by atoms with E-state index in [-0.39, 0.29) is 40.0 Å². The van der Waals surface area contributed by atoms with Crippen molar-refractivity contribution in [3.8, 4) is 0 Å². The number of rotatable bonds is 4. The molecule has 2 aromatic carbocycles. The number of ether oxygens (including phenoxy) is 2. The van der Waals surface area contributed by atoms with Crippen molar-refractivity contribution in [2.45, 2.75) is 50.7 Å². The van der Waals surface area contributed by atoms with Crippen LogP contribution in [0.25, 0.3) is 0 Å². The van der Waals surface area contributed by atoms with E-state index < -0.39 is 5.97 Å². The van der Waals surface area contributed by atoms with Gasteiger partial charge in [-0.2, -0.15) is 0 Å². The van der Waals surface area contributed by atoms with Crippen LogP contribution in [-0.2, 0) is 9.47 Å². The summed E-state index contributed by atoms with van der Waals surface area (Å²) in [7, 11) is 3.43. The summed E-state index contributed by atoms with van der Waals surface area (Å²) >= 11 is 0. The second-order valence-electron chi connectivity index (χ2n) is 9.62. The summed E-state index contributed by atoms with van der Waals surface area (Å²) in [5, 5.41) is 2.96. The van der Waals surface area contributed by atoms with Crippen molar-refractivity contribution in [1.82, 2.24) is 0 Å². The number of hydrogen-bond acceptors (Lipinski definition) is 7. The summed E-state index contributed by atoms with van der Waals surface area (Å²) in [5.74, 6) is -0.0511. The predicted octanol–water partition coefficient (Wildman–Crippen LogP) is 4.23. The Kier molecular flexibility index (Phi) is 5.90. The van der Waals surface area contributed by atoms with E-state index in [9.17, 15) is 14.4 Å². The summed E-state index contributed by atoms with van der Waals surface area (Å²) in [6.07, 6.45) is 5.99. The Morgan fingerprint density at radius 3 is 2.15 bits per heavy atom. The zero-order valence-corrected chi connectivity index (χ0v) is 19.6. The number of methoxy groups -OCH3 is 1. The van der Waals surface area contributed by atoms with Gasteiger partial charge in [0, 0.05) is 31.0 Å². The van der Waals surface area contributed by atoms with Crippen LogP contribution in [0.3, 0.4) is 0 Å². The first-order valence-electron chi connectivity index (χ1n) is 12.0. The van der Waals surface area contributed by atoms with E-state index in [1.807, 2.05) is 0 Å².